The molecule has 0 spiro atoms. The van der Waals surface area contributed by atoms with Crippen molar-refractivity contribution in [1.82, 2.24) is 9.97 Å². The highest BCUT2D eigenvalue weighted by molar-refractivity contribution is 5.89. The van der Waals surface area contributed by atoms with E-state index in [4.69, 9.17) is 16.2 Å². The number of fused-ring (bicyclic) bond motifs is 3. The molecule has 0 radical (unpaired) electrons. The Hall–Kier alpha value is -2.62. The quantitative estimate of drug-likeness (QED) is 0.623. The Morgan fingerprint density at radius 2 is 2.32 bits per heavy atom. The summed E-state index contributed by atoms with van der Waals surface area (Å²) >= 11 is 0. The van der Waals surface area contributed by atoms with Crippen LogP contribution in [0.4, 0.5) is 11.8 Å². The van der Waals surface area contributed by atoms with E-state index in [0.29, 0.717) is 17.9 Å². The minimum Gasteiger partial charge on any atom is -0.462 e. The van der Waals surface area contributed by atoms with Crippen LogP contribution in [0.15, 0.2) is 11.2 Å². The second-order valence-electron chi connectivity index (χ2n) is 6.83. The van der Waals surface area contributed by atoms with Crippen molar-refractivity contribution in [1.29, 1.82) is 0 Å². The molecule has 7 nitrogen and oxygen atoms in total. The van der Waals surface area contributed by atoms with Crippen LogP contribution < -0.4 is 11.5 Å². The zero-order chi connectivity index (χ0) is 18.0. The van der Waals surface area contributed by atoms with Crippen LogP contribution in [-0.4, -0.2) is 34.8 Å². The highest BCUT2D eigenvalue weighted by Gasteiger charge is 2.51. The third kappa shape index (κ3) is 3.43. The van der Waals surface area contributed by atoms with E-state index in [-0.39, 0.29) is 29.3 Å². The third-order valence-electron chi connectivity index (χ3n) is 5.27. The molecule has 132 valence electrons. The highest BCUT2D eigenvalue weighted by Crippen LogP contribution is 2.52. The Kier molecular flexibility index (Phi) is 4.62. The summed E-state index contributed by atoms with van der Waals surface area (Å²) in [4.78, 5) is 23.8. The summed E-state index contributed by atoms with van der Waals surface area (Å²) in [7, 11) is 1.84. The van der Waals surface area contributed by atoms with Gasteiger partial charge in [-0.25, -0.2) is 4.98 Å². The van der Waals surface area contributed by atoms with Gasteiger partial charge in [0.1, 0.15) is 11.9 Å². The van der Waals surface area contributed by atoms with Crippen LogP contribution in [0.25, 0.3) is 0 Å². The number of carbonyl (C=O) groups excluding carboxylic acids is 1. The molecule has 1 aromatic heterocycles. The van der Waals surface area contributed by atoms with E-state index in [1.807, 2.05) is 7.05 Å². The fraction of sp³-hybridized carbons (Fsp3) is 0.556. The lowest BCUT2D eigenvalue weighted by Gasteiger charge is -2.51. The van der Waals surface area contributed by atoms with E-state index in [0.717, 1.165) is 25.7 Å². The molecule has 1 aromatic rings. The molecule has 0 amide bonds. The maximum Gasteiger partial charge on any atom is 0.302 e. The average molecular weight is 341 g/mol. The Balaban J connectivity index is 1.84. The number of hydrogen-bond donors (Lipinski definition) is 2. The van der Waals surface area contributed by atoms with Gasteiger partial charge in [-0.15, -0.1) is 0 Å². The standard InChI is InChI=1S/C18H23N5O2/c1-11(24)25-15-8-12-5-7-18(15,9-14(12)21-2)6-3-4-13-10-22-17(20)23-16(13)19/h10,12,15H,5-9H2,1-2H3,(H4,19,20,22,23)/b21-14+. The molecule has 0 aromatic carbocycles. The lowest BCUT2D eigenvalue weighted by molar-refractivity contribution is -0.159. The highest BCUT2D eigenvalue weighted by atomic mass is 16.5. The van der Waals surface area contributed by atoms with Gasteiger partial charge in [0.2, 0.25) is 5.95 Å². The van der Waals surface area contributed by atoms with Gasteiger partial charge in [0.15, 0.2) is 0 Å². The minimum absolute atomic E-state index is 0.108. The van der Waals surface area contributed by atoms with Gasteiger partial charge in [-0.05, 0) is 25.7 Å². The SMILES string of the molecule is C/N=C1\CC2(CC#Cc3cnc(N)nc3N)CCC1CC2OC(C)=O. The Bertz CT molecular complexity index is 779. The van der Waals surface area contributed by atoms with Crippen molar-refractivity contribution in [2.24, 2.45) is 16.3 Å². The predicted octanol–water partition coefficient (Wildman–Crippen LogP) is 1.58. The van der Waals surface area contributed by atoms with E-state index in [1.165, 1.54) is 18.8 Å². The number of carbonyl (C=O) groups is 1. The van der Waals surface area contributed by atoms with E-state index in [1.54, 1.807) is 0 Å². The summed E-state index contributed by atoms with van der Waals surface area (Å²) in [6, 6.07) is 0. The molecule has 3 aliphatic carbocycles. The second kappa shape index (κ2) is 6.71. The monoisotopic (exact) mass is 341 g/mol. The molecule has 3 saturated carbocycles. The van der Waals surface area contributed by atoms with Gasteiger partial charge in [-0.3, -0.25) is 9.79 Å². The van der Waals surface area contributed by atoms with Crippen LogP contribution in [0.3, 0.4) is 0 Å². The predicted molar refractivity (Wildman–Crippen MR) is 95.7 cm³/mol. The fourth-order valence-corrected chi connectivity index (χ4v) is 3.98. The lowest BCUT2D eigenvalue weighted by atomic mass is 9.57. The Labute approximate surface area is 147 Å². The van der Waals surface area contributed by atoms with Gasteiger partial charge in [-0.1, -0.05) is 11.8 Å². The molecule has 0 aliphatic heterocycles. The van der Waals surface area contributed by atoms with Crippen molar-refractivity contribution < 1.29 is 9.53 Å². The number of ether oxygens (including phenoxy) is 1. The largest absolute Gasteiger partial charge is 0.462 e. The average Bonchev–Trinajstić information content (AvgIpc) is 2.57. The van der Waals surface area contributed by atoms with Crippen molar-refractivity contribution in [3.8, 4) is 11.8 Å². The van der Waals surface area contributed by atoms with Crippen molar-refractivity contribution in [2.75, 3.05) is 18.5 Å². The Morgan fingerprint density at radius 1 is 1.52 bits per heavy atom. The molecule has 3 aliphatic rings. The number of aromatic nitrogens is 2. The van der Waals surface area contributed by atoms with Crippen LogP contribution >= 0.6 is 0 Å². The number of nitrogens with two attached hydrogens (primary N) is 2. The maximum absolute atomic E-state index is 11.5. The summed E-state index contributed by atoms with van der Waals surface area (Å²) in [5, 5.41) is 0. The fourth-order valence-electron chi connectivity index (χ4n) is 3.98. The normalized spacial score (nSPS) is 29.1. The first kappa shape index (κ1) is 17.2. The van der Waals surface area contributed by atoms with Gasteiger partial charge in [-0.2, -0.15) is 4.98 Å². The third-order valence-corrected chi connectivity index (χ3v) is 5.27. The lowest BCUT2D eigenvalue weighted by Crippen LogP contribution is -2.51. The molecule has 3 atom stereocenters. The summed E-state index contributed by atoms with van der Waals surface area (Å²) in [5.74, 6) is 6.82. The number of anilines is 2. The van der Waals surface area contributed by atoms with Crippen LogP contribution in [0.2, 0.25) is 0 Å². The van der Waals surface area contributed by atoms with Gasteiger partial charge in [0.05, 0.1) is 11.8 Å². The van der Waals surface area contributed by atoms with Gasteiger partial charge >= 0.3 is 5.97 Å². The molecule has 25 heavy (non-hydrogen) atoms. The minimum atomic E-state index is -0.240. The maximum atomic E-state index is 11.5. The van der Waals surface area contributed by atoms with Crippen molar-refractivity contribution in [3.63, 3.8) is 0 Å². The van der Waals surface area contributed by atoms with E-state index in [9.17, 15) is 4.79 Å². The molecule has 3 fully saturated rings. The van der Waals surface area contributed by atoms with Crippen LogP contribution in [0.1, 0.15) is 44.6 Å². The van der Waals surface area contributed by atoms with Gasteiger partial charge < -0.3 is 16.2 Å². The summed E-state index contributed by atoms with van der Waals surface area (Å²) < 4.78 is 5.64. The number of hydrogen-bond acceptors (Lipinski definition) is 7. The van der Waals surface area contributed by atoms with Crippen molar-refractivity contribution in [2.45, 2.75) is 45.1 Å². The van der Waals surface area contributed by atoms with E-state index >= 15 is 0 Å². The molecule has 3 unspecified atom stereocenters. The number of nitrogen functional groups attached to an aromatic ring is 2. The van der Waals surface area contributed by atoms with Crippen LogP contribution in [0.5, 0.6) is 0 Å². The van der Waals surface area contributed by atoms with Gasteiger partial charge in [0, 0.05) is 37.4 Å². The van der Waals surface area contributed by atoms with Crippen LogP contribution in [0, 0.1) is 23.2 Å². The zero-order valence-electron chi connectivity index (χ0n) is 14.6. The summed E-state index contributed by atoms with van der Waals surface area (Å²) in [5.41, 5.74) is 12.9. The number of nitrogens with zero attached hydrogens (tertiary/aromatic N) is 3. The molecule has 4 rings (SSSR count). The molecule has 0 saturated heterocycles. The van der Waals surface area contributed by atoms with Gasteiger partial charge in [0.25, 0.3) is 0 Å². The molecule has 4 N–H and O–H groups in total. The molecule has 1 heterocycles. The molecular formula is C18H23N5O2. The van der Waals surface area contributed by atoms with E-state index in [2.05, 4.69) is 26.8 Å². The molecular weight excluding hydrogens is 318 g/mol. The second-order valence-corrected chi connectivity index (χ2v) is 6.83. The molecule has 7 heteroatoms. The number of rotatable bonds is 2. The Morgan fingerprint density at radius 3 is 3.00 bits per heavy atom. The summed E-state index contributed by atoms with van der Waals surface area (Å²) in [6.07, 6.45) is 5.75. The topological polar surface area (TPSA) is 116 Å². The zero-order valence-corrected chi connectivity index (χ0v) is 14.6. The number of esters is 1. The van der Waals surface area contributed by atoms with Crippen LogP contribution in [-0.2, 0) is 9.53 Å². The first-order chi connectivity index (χ1) is 11.9. The van der Waals surface area contributed by atoms with Crippen molar-refractivity contribution in [3.05, 3.63) is 11.8 Å². The molecule has 2 bridgehead atoms. The first-order valence-corrected chi connectivity index (χ1v) is 8.43. The number of aliphatic imine (C=N–C) groups is 1. The smallest absolute Gasteiger partial charge is 0.302 e. The first-order valence-electron chi connectivity index (χ1n) is 8.43. The van der Waals surface area contributed by atoms with E-state index < -0.39 is 0 Å². The summed E-state index contributed by atoms with van der Waals surface area (Å²) in [6.45, 7) is 1.46. The van der Waals surface area contributed by atoms with Crippen molar-refractivity contribution >= 4 is 23.4 Å².